The van der Waals surface area contributed by atoms with E-state index >= 15 is 0 Å². The van der Waals surface area contributed by atoms with Crippen LogP contribution in [0.2, 0.25) is 0 Å². The van der Waals surface area contributed by atoms with Crippen molar-refractivity contribution in [3.63, 3.8) is 0 Å². The quantitative estimate of drug-likeness (QED) is 0.0440. The van der Waals surface area contributed by atoms with E-state index in [-0.39, 0.29) is 23.8 Å². The van der Waals surface area contributed by atoms with Gasteiger partial charge in [0.15, 0.2) is 0 Å². The van der Waals surface area contributed by atoms with Gasteiger partial charge in [0.2, 0.25) is 0 Å². The third kappa shape index (κ3) is 13.2. The van der Waals surface area contributed by atoms with Gasteiger partial charge in [0, 0.05) is 12.2 Å². The minimum Gasteiger partial charge on any atom is -0.494 e. The van der Waals surface area contributed by atoms with Gasteiger partial charge < -0.3 is 28.4 Å². The normalized spacial score (nSPS) is 10.6. The van der Waals surface area contributed by atoms with Crippen LogP contribution in [0.5, 0.6) is 23.0 Å². The largest absolute Gasteiger partial charge is 0.494 e. The number of rotatable bonds is 19. The molecule has 3 aromatic carbocycles. The van der Waals surface area contributed by atoms with Crippen molar-refractivity contribution in [3.8, 4) is 23.0 Å². The Balaban J connectivity index is 1.46. The molecule has 0 aromatic heterocycles. The summed E-state index contributed by atoms with van der Waals surface area (Å²) in [4.78, 5) is 50.9. The van der Waals surface area contributed by atoms with Gasteiger partial charge in [0.1, 0.15) is 23.0 Å². The third-order valence-electron chi connectivity index (χ3n) is 6.60. The Morgan fingerprint density at radius 3 is 1.71 bits per heavy atom. The maximum atomic E-state index is 12.8. The maximum Gasteiger partial charge on any atom is 0.343 e. The molecule has 0 heterocycles. The second kappa shape index (κ2) is 20.2. The fourth-order valence-corrected chi connectivity index (χ4v) is 4.01. The topological polar surface area (TPSA) is 128 Å². The van der Waals surface area contributed by atoms with E-state index < -0.39 is 23.9 Å². The standard InChI is InChI=1S/C38H37NO10/c1-5-35(40)46-23-9-7-21-44-30-15-11-28(12-16-30)26-33(39-4)38(43)49-34-20-19-32(25-27(34)3)48-37(42)29-13-17-31(18-14-29)45-22-8-10-24-47-36(41)6-2/h5-6,11-20,25-26H,1-2,7-10,21-24H2,3H3/b33-26-. The molecule has 0 aliphatic rings. The average Bonchev–Trinajstić information content (AvgIpc) is 3.11. The van der Waals surface area contributed by atoms with E-state index in [1.165, 1.54) is 18.2 Å². The summed E-state index contributed by atoms with van der Waals surface area (Å²) >= 11 is 0. The van der Waals surface area contributed by atoms with Crippen molar-refractivity contribution >= 4 is 30.0 Å². The van der Waals surface area contributed by atoms with Gasteiger partial charge in [-0.25, -0.2) is 19.2 Å². The highest BCUT2D eigenvalue weighted by Gasteiger charge is 2.16. The lowest BCUT2D eigenvalue weighted by Gasteiger charge is -2.10. The first kappa shape index (κ1) is 37.3. The summed E-state index contributed by atoms with van der Waals surface area (Å²) in [6, 6.07) is 17.9. The number of unbranched alkanes of at least 4 members (excludes halogenated alkanes) is 2. The highest BCUT2D eigenvalue weighted by molar-refractivity contribution is 5.97. The zero-order valence-electron chi connectivity index (χ0n) is 27.2. The predicted octanol–water partition coefficient (Wildman–Crippen LogP) is 6.86. The van der Waals surface area contributed by atoms with Gasteiger partial charge in [-0.15, -0.1) is 0 Å². The number of nitrogens with zero attached hydrogens (tertiary/aromatic N) is 1. The van der Waals surface area contributed by atoms with Crippen LogP contribution in [0.4, 0.5) is 0 Å². The summed E-state index contributed by atoms with van der Waals surface area (Å²) in [5, 5.41) is 0. The van der Waals surface area contributed by atoms with Crippen LogP contribution < -0.4 is 18.9 Å². The van der Waals surface area contributed by atoms with Gasteiger partial charge >= 0.3 is 23.9 Å². The van der Waals surface area contributed by atoms with Crippen molar-refractivity contribution in [2.75, 3.05) is 26.4 Å². The number of ether oxygens (including phenoxy) is 6. The van der Waals surface area contributed by atoms with Gasteiger partial charge in [-0.3, -0.25) is 4.79 Å². The molecule has 0 amide bonds. The van der Waals surface area contributed by atoms with Crippen molar-refractivity contribution in [1.29, 1.82) is 0 Å². The Morgan fingerprint density at radius 2 is 1.20 bits per heavy atom. The summed E-state index contributed by atoms with van der Waals surface area (Å²) in [6.07, 6.45) is 6.31. The van der Waals surface area contributed by atoms with Crippen LogP contribution in [0.1, 0.15) is 47.2 Å². The fraction of sp³-hybridized carbons (Fsp3) is 0.237. The van der Waals surface area contributed by atoms with Gasteiger partial charge in [-0.1, -0.05) is 25.3 Å². The molecule has 0 aliphatic carbocycles. The van der Waals surface area contributed by atoms with Crippen LogP contribution in [-0.4, -0.2) is 50.3 Å². The Bertz CT molecular complexity index is 1680. The van der Waals surface area contributed by atoms with E-state index in [0.717, 1.165) is 12.2 Å². The summed E-state index contributed by atoms with van der Waals surface area (Å²) < 4.78 is 32.1. The molecule has 11 nitrogen and oxygen atoms in total. The molecule has 11 heteroatoms. The van der Waals surface area contributed by atoms with Gasteiger partial charge in [-0.2, -0.15) is 0 Å². The van der Waals surface area contributed by atoms with Crippen molar-refractivity contribution in [3.05, 3.63) is 126 Å². The van der Waals surface area contributed by atoms with E-state index in [9.17, 15) is 19.2 Å². The third-order valence-corrected chi connectivity index (χ3v) is 6.60. The number of hydrogen-bond acceptors (Lipinski definition) is 10. The molecule has 0 fully saturated rings. The summed E-state index contributed by atoms with van der Waals surface area (Å²) in [6.45, 7) is 17.3. The van der Waals surface area contributed by atoms with Crippen LogP contribution in [0.3, 0.4) is 0 Å². The lowest BCUT2D eigenvalue weighted by atomic mass is 10.2. The zero-order valence-corrected chi connectivity index (χ0v) is 27.2. The Labute approximate surface area is 285 Å². The number of esters is 4. The Hall–Kier alpha value is -6.15. The monoisotopic (exact) mass is 667 g/mol. The van der Waals surface area contributed by atoms with Crippen LogP contribution in [0.15, 0.2) is 97.7 Å². The van der Waals surface area contributed by atoms with Crippen LogP contribution in [0, 0.1) is 13.5 Å². The molecule has 0 spiro atoms. The minimum absolute atomic E-state index is 0.211. The molecule has 0 radical (unpaired) electrons. The molecule has 0 atom stereocenters. The molecule has 0 aliphatic heterocycles. The van der Waals surface area contributed by atoms with E-state index in [1.54, 1.807) is 61.5 Å². The lowest BCUT2D eigenvalue weighted by molar-refractivity contribution is -0.138. The van der Waals surface area contributed by atoms with Crippen LogP contribution >= 0.6 is 0 Å². The number of hydrogen-bond donors (Lipinski definition) is 0. The van der Waals surface area contributed by atoms with Gasteiger partial charge in [-0.05, 0) is 104 Å². The molecule has 49 heavy (non-hydrogen) atoms. The fourth-order valence-electron chi connectivity index (χ4n) is 4.01. The number of benzene rings is 3. The summed E-state index contributed by atoms with van der Waals surface area (Å²) in [5.41, 5.74) is 1.21. The highest BCUT2D eigenvalue weighted by Crippen LogP contribution is 2.26. The number of aryl methyl sites for hydroxylation is 1. The SMILES string of the molecule is [C-]#[N+]/C(=C\c1ccc(OCCCCOC(=O)C=C)cc1)C(=O)Oc1ccc(OC(=O)c2ccc(OCCCCOC(=O)C=C)cc2)cc1C. The van der Waals surface area contributed by atoms with Crippen molar-refractivity contribution in [2.45, 2.75) is 32.6 Å². The Morgan fingerprint density at radius 1 is 0.694 bits per heavy atom. The van der Waals surface area contributed by atoms with Crippen LogP contribution in [-0.2, 0) is 23.9 Å². The summed E-state index contributed by atoms with van der Waals surface area (Å²) in [7, 11) is 0. The first-order valence-corrected chi connectivity index (χ1v) is 15.4. The van der Waals surface area contributed by atoms with Gasteiger partial charge in [0.05, 0.1) is 38.6 Å². The van der Waals surface area contributed by atoms with E-state index in [2.05, 4.69) is 18.0 Å². The molecule has 254 valence electrons. The van der Waals surface area contributed by atoms with E-state index in [4.69, 9.17) is 35.0 Å². The highest BCUT2D eigenvalue weighted by atomic mass is 16.5. The maximum absolute atomic E-state index is 12.8. The minimum atomic E-state index is -0.834. The van der Waals surface area contributed by atoms with Crippen molar-refractivity contribution in [1.82, 2.24) is 0 Å². The molecule has 0 bridgehead atoms. The molecule has 0 saturated carbocycles. The second-order valence-electron chi connectivity index (χ2n) is 10.3. The molecule has 3 aromatic rings. The van der Waals surface area contributed by atoms with E-state index in [0.29, 0.717) is 73.7 Å². The number of carbonyl (C=O) groups excluding carboxylic acids is 4. The molecular formula is C38H37NO10. The molecule has 0 saturated heterocycles. The van der Waals surface area contributed by atoms with Crippen LogP contribution in [0.25, 0.3) is 10.9 Å². The molecule has 3 rings (SSSR count). The van der Waals surface area contributed by atoms with Crippen molar-refractivity contribution < 1.29 is 47.6 Å². The molecule has 0 unspecified atom stereocenters. The first-order valence-electron chi connectivity index (χ1n) is 15.4. The first-order chi connectivity index (χ1) is 23.7. The Kier molecular flexibility index (Phi) is 15.4. The predicted molar refractivity (Wildman–Crippen MR) is 181 cm³/mol. The number of carbonyl (C=O) groups is 4. The van der Waals surface area contributed by atoms with Crippen molar-refractivity contribution in [2.24, 2.45) is 0 Å². The summed E-state index contributed by atoms with van der Waals surface area (Å²) in [5.74, 6) is -0.680. The zero-order chi connectivity index (χ0) is 35.4. The average molecular weight is 668 g/mol. The second-order valence-corrected chi connectivity index (χ2v) is 10.3. The molecule has 0 N–H and O–H groups in total. The van der Waals surface area contributed by atoms with Gasteiger partial charge in [0.25, 0.3) is 5.70 Å². The van der Waals surface area contributed by atoms with E-state index in [1.807, 2.05) is 0 Å². The molecular weight excluding hydrogens is 630 g/mol. The lowest BCUT2D eigenvalue weighted by Crippen LogP contribution is -2.11. The smallest absolute Gasteiger partial charge is 0.343 e.